The number of carboxylic acids is 1. The van der Waals surface area contributed by atoms with Gasteiger partial charge in [0.25, 0.3) is 0 Å². The maximum Gasteiger partial charge on any atom is 0.356 e. The average Bonchev–Trinajstić information content (AvgIpc) is 2.89. The Bertz CT molecular complexity index is 886. The molecule has 1 aromatic carbocycles. The summed E-state index contributed by atoms with van der Waals surface area (Å²) in [6.07, 6.45) is 0.331. The van der Waals surface area contributed by atoms with Crippen molar-refractivity contribution < 1.29 is 18.3 Å². The van der Waals surface area contributed by atoms with Crippen molar-refractivity contribution in [3.05, 3.63) is 46.3 Å². The molecule has 0 saturated carbocycles. The van der Waals surface area contributed by atoms with Crippen LogP contribution < -0.4 is 0 Å². The molecule has 0 unspecified atom stereocenters. The van der Waals surface area contributed by atoms with Crippen LogP contribution in [-0.4, -0.2) is 40.5 Å². The molecular weight excluding hydrogens is 318 g/mol. The molecule has 1 aliphatic heterocycles. The van der Waals surface area contributed by atoms with E-state index < -0.39 is 16.0 Å². The molecule has 0 fully saturated rings. The number of sulfonamides is 1. The summed E-state index contributed by atoms with van der Waals surface area (Å²) in [5, 5.41) is 15.5. The highest BCUT2D eigenvalue weighted by atomic mass is 32.2. The number of nitrogens with one attached hydrogen (secondary N) is 1. The Morgan fingerprint density at radius 2 is 2.09 bits per heavy atom. The summed E-state index contributed by atoms with van der Waals surface area (Å²) >= 11 is 0. The number of benzene rings is 1. The summed E-state index contributed by atoms with van der Waals surface area (Å²) in [7, 11) is -3.63. The monoisotopic (exact) mass is 335 g/mol. The van der Waals surface area contributed by atoms with Gasteiger partial charge in [0, 0.05) is 12.1 Å². The van der Waals surface area contributed by atoms with E-state index in [4.69, 9.17) is 5.11 Å². The molecule has 0 spiro atoms. The van der Waals surface area contributed by atoms with E-state index in [0.717, 1.165) is 5.56 Å². The number of aromatic amines is 1. The maximum absolute atomic E-state index is 12.8. The first-order valence-electron chi connectivity index (χ1n) is 7.17. The molecule has 7 nitrogen and oxygen atoms in total. The summed E-state index contributed by atoms with van der Waals surface area (Å²) in [6, 6.07) is 5.22. The lowest BCUT2D eigenvalue weighted by atomic mass is 10.1. The molecule has 1 aliphatic rings. The van der Waals surface area contributed by atoms with Gasteiger partial charge in [0.05, 0.1) is 17.1 Å². The Morgan fingerprint density at radius 1 is 1.35 bits per heavy atom. The third kappa shape index (κ3) is 2.64. The Morgan fingerprint density at radius 3 is 2.74 bits per heavy atom. The molecule has 0 bridgehead atoms. The van der Waals surface area contributed by atoms with Gasteiger partial charge in [-0.15, -0.1) is 0 Å². The van der Waals surface area contributed by atoms with Crippen LogP contribution in [0.3, 0.4) is 0 Å². The third-order valence-electron chi connectivity index (χ3n) is 4.05. The van der Waals surface area contributed by atoms with Crippen molar-refractivity contribution in [1.82, 2.24) is 14.5 Å². The largest absolute Gasteiger partial charge is 0.476 e. The fraction of sp³-hybridized carbons (Fsp3) is 0.333. The van der Waals surface area contributed by atoms with Crippen LogP contribution in [0.15, 0.2) is 23.1 Å². The Labute approximate surface area is 134 Å². The van der Waals surface area contributed by atoms with E-state index in [1.54, 1.807) is 19.1 Å². The number of carboxylic acid groups (broad SMARTS) is 1. The van der Waals surface area contributed by atoms with Crippen LogP contribution in [0.2, 0.25) is 0 Å². The first-order valence-corrected chi connectivity index (χ1v) is 8.61. The summed E-state index contributed by atoms with van der Waals surface area (Å²) in [5.74, 6) is -1.10. The van der Waals surface area contributed by atoms with E-state index in [0.29, 0.717) is 23.2 Å². The van der Waals surface area contributed by atoms with Crippen molar-refractivity contribution in [2.24, 2.45) is 0 Å². The number of carbonyl (C=O) groups is 1. The predicted molar refractivity (Wildman–Crippen MR) is 82.8 cm³/mol. The molecule has 0 atom stereocenters. The fourth-order valence-corrected chi connectivity index (χ4v) is 4.52. The van der Waals surface area contributed by atoms with Gasteiger partial charge in [-0.1, -0.05) is 17.7 Å². The SMILES string of the molecule is Cc1ccc(S(=O)(=O)N2CCc3c(C(=O)O)n[nH]c3C2)c(C)c1. The smallest absolute Gasteiger partial charge is 0.356 e. The second-order valence-electron chi connectivity index (χ2n) is 5.69. The van der Waals surface area contributed by atoms with Crippen LogP contribution in [0.25, 0.3) is 0 Å². The highest BCUT2D eigenvalue weighted by Crippen LogP contribution is 2.27. The highest BCUT2D eigenvalue weighted by molar-refractivity contribution is 7.89. The number of hydrogen-bond acceptors (Lipinski definition) is 4. The molecule has 3 rings (SSSR count). The van der Waals surface area contributed by atoms with Crippen molar-refractivity contribution in [1.29, 1.82) is 0 Å². The molecule has 1 aromatic heterocycles. The summed E-state index contributed by atoms with van der Waals surface area (Å²) in [4.78, 5) is 11.4. The van der Waals surface area contributed by atoms with Crippen LogP contribution in [0, 0.1) is 13.8 Å². The first-order chi connectivity index (χ1) is 10.8. The molecule has 0 radical (unpaired) electrons. The van der Waals surface area contributed by atoms with E-state index >= 15 is 0 Å². The minimum absolute atomic E-state index is 0.0245. The predicted octanol–water partition coefficient (Wildman–Crippen LogP) is 1.47. The maximum atomic E-state index is 12.8. The number of hydrogen-bond donors (Lipinski definition) is 2. The van der Waals surface area contributed by atoms with Gasteiger partial charge >= 0.3 is 5.97 Å². The number of fused-ring (bicyclic) bond motifs is 1. The van der Waals surface area contributed by atoms with Crippen molar-refractivity contribution in [2.45, 2.75) is 31.7 Å². The molecule has 122 valence electrons. The van der Waals surface area contributed by atoms with Crippen molar-refractivity contribution in [3.8, 4) is 0 Å². The Balaban J connectivity index is 1.95. The van der Waals surface area contributed by atoms with Gasteiger partial charge in [0.2, 0.25) is 10.0 Å². The molecule has 23 heavy (non-hydrogen) atoms. The lowest BCUT2D eigenvalue weighted by Gasteiger charge is -2.26. The molecule has 0 amide bonds. The van der Waals surface area contributed by atoms with Crippen LogP contribution in [0.1, 0.15) is 32.9 Å². The lowest BCUT2D eigenvalue weighted by Crippen LogP contribution is -2.36. The number of aryl methyl sites for hydroxylation is 2. The normalized spacial score (nSPS) is 15.4. The fourth-order valence-electron chi connectivity index (χ4n) is 2.90. The summed E-state index contributed by atoms with van der Waals surface area (Å²) < 4.78 is 27.0. The van der Waals surface area contributed by atoms with E-state index in [-0.39, 0.29) is 23.7 Å². The number of aromatic carboxylic acids is 1. The molecule has 0 saturated heterocycles. The summed E-state index contributed by atoms with van der Waals surface area (Å²) in [6.45, 7) is 4.02. The zero-order valence-electron chi connectivity index (χ0n) is 12.8. The molecular formula is C15H17N3O4S. The second-order valence-corrected chi connectivity index (χ2v) is 7.60. The van der Waals surface area contributed by atoms with E-state index in [9.17, 15) is 13.2 Å². The number of nitrogens with zero attached hydrogens (tertiary/aromatic N) is 2. The lowest BCUT2D eigenvalue weighted by molar-refractivity contribution is 0.0689. The summed E-state index contributed by atoms with van der Waals surface area (Å²) in [5.41, 5.74) is 2.81. The van der Waals surface area contributed by atoms with E-state index in [1.807, 2.05) is 13.0 Å². The zero-order valence-corrected chi connectivity index (χ0v) is 13.6. The molecule has 2 N–H and O–H groups in total. The zero-order chi connectivity index (χ0) is 16.8. The van der Waals surface area contributed by atoms with Crippen LogP contribution in [0.4, 0.5) is 0 Å². The van der Waals surface area contributed by atoms with Gasteiger partial charge in [-0.25, -0.2) is 13.2 Å². The topological polar surface area (TPSA) is 103 Å². The number of H-pyrrole nitrogens is 1. The average molecular weight is 335 g/mol. The van der Waals surface area contributed by atoms with Gasteiger partial charge in [-0.3, -0.25) is 5.10 Å². The first kappa shape index (κ1) is 15.7. The van der Waals surface area contributed by atoms with E-state index in [1.165, 1.54) is 4.31 Å². The van der Waals surface area contributed by atoms with Gasteiger partial charge in [0.15, 0.2) is 5.69 Å². The quantitative estimate of drug-likeness (QED) is 0.884. The van der Waals surface area contributed by atoms with Gasteiger partial charge < -0.3 is 5.11 Å². The highest BCUT2D eigenvalue weighted by Gasteiger charge is 2.32. The molecule has 2 heterocycles. The molecule has 0 aliphatic carbocycles. The van der Waals surface area contributed by atoms with Crippen LogP contribution in [-0.2, 0) is 23.0 Å². The number of rotatable bonds is 3. The van der Waals surface area contributed by atoms with Gasteiger partial charge in [0.1, 0.15) is 0 Å². The minimum atomic E-state index is -3.63. The standard InChI is InChI=1S/C15H17N3O4S/c1-9-3-4-13(10(2)7-9)23(21,22)18-6-5-11-12(8-18)16-17-14(11)15(19)20/h3-4,7H,5-6,8H2,1-2H3,(H,16,17)(H,19,20). The van der Waals surface area contributed by atoms with Gasteiger partial charge in [-0.05, 0) is 31.9 Å². The minimum Gasteiger partial charge on any atom is -0.476 e. The Hall–Kier alpha value is -2.19. The van der Waals surface area contributed by atoms with Gasteiger partial charge in [-0.2, -0.15) is 9.40 Å². The third-order valence-corrected chi connectivity index (χ3v) is 6.05. The number of aromatic nitrogens is 2. The molecule has 2 aromatic rings. The van der Waals surface area contributed by atoms with E-state index in [2.05, 4.69) is 10.2 Å². The Kier molecular flexibility index (Phi) is 3.73. The van der Waals surface area contributed by atoms with Crippen LogP contribution in [0.5, 0.6) is 0 Å². The second kappa shape index (κ2) is 5.47. The van der Waals surface area contributed by atoms with Crippen molar-refractivity contribution >= 4 is 16.0 Å². The van der Waals surface area contributed by atoms with Crippen LogP contribution >= 0.6 is 0 Å². The van der Waals surface area contributed by atoms with Crippen molar-refractivity contribution in [2.75, 3.05) is 6.54 Å². The molecule has 8 heteroatoms. The van der Waals surface area contributed by atoms with Crippen molar-refractivity contribution in [3.63, 3.8) is 0 Å².